The number of thiophene rings is 1. The summed E-state index contributed by atoms with van der Waals surface area (Å²) in [6.07, 6.45) is 1.53. The van der Waals surface area contributed by atoms with Crippen molar-refractivity contribution in [2.75, 3.05) is 0 Å². The Morgan fingerprint density at radius 2 is 2.14 bits per heavy atom. The van der Waals surface area contributed by atoms with Crippen molar-refractivity contribution in [2.24, 2.45) is 0 Å². The van der Waals surface area contributed by atoms with Gasteiger partial charge in [0.2, 0.25) is 0 Å². The Kier molecular flexibility index (Phi) is 3.53. The fourth-order valence-corrected chi connectivity index (χ4v) is 2.99. The van der Waals surface area contributed by atoms with Gasteiger partial charge in [-0.3, -0.25) is 0 Å². The second-order valence-electron chi connectivity index (χ2n) is 4.57. The molecule has 0 spiro atoms. The lowest BCUT2D eigenvalue weighted by Crippen LogP contribution is -1.97. The zero-order chi connectivity index (χ0) is 15.0. The number of halogens is 1. The minimum Gasteiger partial charge on any atom is -0.478 e. The monoisotopic (exact) mass is 318 g/mol. The van der Waals surface area contributed by atoms with Crippen molar-refractivity contribution in [3.63, 3.8) is 0 Å². The highest BCUT2D eigenvalue weighted by atomic mass is 35.5. The van der Waals surface area contributed by atoms with Crippen LogP contribution < -0.4 is 0 Å². The van der Waals surface area contributed by atoms with Gasteiger partial charge in [0.15, 0.2) is 0 Å². The maximum Gasteiger partial charge on any atom is 0.339 e. The molecule has 2 aromatic heterocycles. The Morgan fingerprint density at radius 1 is 1.38 bits per heavy atom. The van der Waals surface area contributed by atoms with E-state index in [2.05, 4.69) is 5.10 Å². The molecule has 0 radical (unpaired) electrons. The standard InChI is InChI=1S/C15H11ClN2O2S/c1-9-4-2-3-5-12(9)18-7-11(15(19)20)14(17-18)10-6-13(16)21-8-10/h2-8H,1H3,(H,19,20). The van der Waals surface area contributed by atoms with E-state index in [-0.39, 0.29) is 5.56 Å². The van der Waals surface area contributed by atoms with Crippen molar-refractivity contribution in [2.45, 2.75) is 6.92 Å². The number of aromatic carboxylic acids is 1. The molecule has 0 aliphatic heterocycles. The van der Waals surface area contributed by atoms with Crippen molar-refractivity contribution >= 4 is 28.9 Å². The van der Waals surface area contributed by atoms with Gasteiger partial charge in [-0.15, -0.1) is 11.3 Å². The Morgan fingerprint density at radius 3 is 2.76 bits per heavy atom. The van der Waals surface area contributed by atoms with Crippen molar-refractivity contribution in [1.82, 2.24) is 9.78 Å². The van der Waals surface area contributed by atoms with Gasteiger partial charge in [-0.2, -0.15) is 5.10 Å². The number of hydrogen-bond acceptors (Lipinski definition) is 3. The van der Waals surface area contributed by atoms with E-state index >= 15 is 0 Å². The van der Waals surface area contributed by atoms with E-state index in [0.29, 0.717) is 10.0 Å². The van der Waals surface area contributed by atoms with E-state index in [0.717, 1.165) is 16.8 Å². The molecule has 21 heavy (non-hydrogen) atoms. The molecule has 4 nitrogen and oxygen atoms in total. The van der Waals surface area contributed by atoms with Crippen LogP contribution in [-0.2, 0) is 0 Å². The maximum absolute atomic E-state index is 11.4. The quantitative estimate of drug-likeness (QED) is 0.785. The number of nitrogens with zero attached hydrogens (tertiary/aromatic N) is 2. The number of rotatable bonds is 3. The molecule has 1 aromatic carbocycles. The van der Waals surface area contributed by atoms with E-state index in [9.17, 15) is 9.90 Å². The minimum atomic E-state index is -1.01. The highest BCUT2D eigenvalue weighted by molar-refractivity contribution is 7.14. The molecule has 6 heteroatoms. The highest BCUT2D eigenvalue weighted by Crippen LogP contribution is 2.30. The van der Waals surface area contributed by atoms with E-state index in [1.54, 1.807) is 16.1 Å². The van der Waals surface area contributed by atoms with Gasteiger partial charge in [0.25, 0.3) is 0 Å². The molecule has 0 aliphatic carbocycles. The summed E-state index contributed by atoms with van der Waals surface area (Å²) in [6.45, 7) is 1.96. The lowest BCUT2D eigenvalue weighted by atomic mass is 10.1. The fourth-order valence-electron chi connectivity index (χ4n) is 2.12. The molecular formula is C15H11ClN2O2S. The molecular weight excluding hydrogens is 308 g/mol. The molecule has 0 saturated carbocycles. The summed E-state index contributed by atoms with van der Waals surface area (Å²) in [4.78, 5) is 11.4. The van der Waals surface area contributed by atoms with Crippen molar-refractivity contribution < 1.29 is 9.90 Å². The van der Waals surface area contributed by atoms with Crippen molar-refractivity contribution in [3.05, 3.63) is 57.4 Å². The van der Waals surface area contributed by atoms with Crippen LogP contribution in [0.15, 0.2) is 41.9 Å². The predicted octanol–water partition coefficient (Wildman–Crippen LogP) is 4.26. The van der Waals surface area contributed by atoms with Gasteiger partial charge in [0, 0.05) is 17.1 Å². The molecule has 0 saturated heterocycles. The SMILES string of the molecule is Cc1ccccc1-n1cc(C(=O)O)c(-c2csc(Cl)c2)n1. The Bertz CT molecular complexity index is 823. The Hall–Kier alpha value is -2.11. The molecule has 0 aliphatic rings. The maximum atomic E-state index is 11.4. The smallest absolute Gasteiger partial charge is 0.339 e. The van der Waals surface area contributed by atoms with E-state index < -0.39 is 5.97 Å². The summed E-state index contributed by atoms with van der Waals surface area (Å²) in [6, 6.07) is 9.41. The molecule has 0 bridgehead atoms. The summed E-state index contributed by atoms with van der Waals surface area (Å²) < 4.78 is 2.20. The number of carboxylic acid groups (broad SMARTS) is 1. The fraction of sp³-hybridized carbons (Fsp3) is 0.0667. The minimum absolute atomic E-state index is 0.160. The van der Waals surface area contributed by atoms with Gasteiger partial charge >= 0.3 is 5.97 Å². The number of benzene rings is 1. The zero-order valence-electron chi connectivity index (χ0n) is 11.1. The lowest BCUT2D eigenvalue weighted by Gasteiger charge is -2.04. The van der Waals surface area contributed by atoms with Crippen LogP contribution in [0.25, 0.3) is 16.9 Å². The summed E-state index contributed by atoms with van der Waals surface area (Å²) in [7, 11) is 0. The van der Waals surface area contributed by atoms with Crippen molar-refractivity contribution in [1.29, 1.82) is 0 Å². The molecule has 3 rings (SSSR count). The summed E-state index contributed by atoms with van der Waals surface area (Å²) >= 11 is 7.28. The normalized spacial score (nSPS) is 10.8. The molecule has 0 atom stereocenters. The van der Waals surface area contributed by atoms with Crippen LogP contribution in [0, 0.1) is 6.92 Å². The molecule has 106 valence electrons. The second kappa shape index (κ2) is 5.35. The van der Waals surface area contributed by atoms with Gasteiger partial charge in [0.1, 0.15) is 11.3 Å². The van der Waals surface area contributed by atoms with E-state index in [1.165, 1.54) is 17.5 Å². The van der Waals surface area contributed by atoms with Crippen LogP contribution in [-0.4, -0.2) is 20.9 Å². The molecule has 0 fully saturated rings. The first-order valence-corrected chi connectivity index (χ1v) is 7.45. The van der Waals surface area contributed by atoms with Crippen LogP contribution in [0.3, 0.4) is 0 Å². The van der Waals surface area contributed by atoms with Crippen LogP contribution in [0.5, 0.6) is 0 Å². The van der Waals surface area contributed by atoms with Crippen LogP contribution >= 0.6 is 22.9 Å². The Labute approximate surface area is 130 Å². The van der Waals surface area contributed by atoms with Gasteiger partial charge in [-0.05, 0) is 24.6 Å². The lowest BCUT2D eigenvalue weighted by molar-refractivity contribution is 0.0697. The van der Waals surface area contributed by atoms with Crippen LogP contribution in [0.1, 0.15) is 15.9 Å². The highest BCUT2D eigenvalue weighted by Gasteiger charge is 2.19. The first-order chi connectivity index (χ1) is 10.1. The number of hydrogen-bond donors (Lipinski definition) is 1. The molecule has 1 N–H and O–H groups in total. The number of aryl methyl sites for hydroxylation is 1. The van der Waals surface area contributed by atoms with Crippen LogP contribution in [0.2, 0.25) is 4.34 Å². The number of para-hydroxylation sites is 1. The van der Waals surface area contributed by atoms with E-state index in [1.807, 2.05) is 31.2 Å². The summed E-state index contributed by atoms with van der Waals surface area (Å²) in [5.74, 6) is -1.01. The summed E-state index contributed by atoms with van der Waals surface area (Å²) in [5, 5.41) is 15.6. The average Bonchev–Trinajstić information content (AvgIpc) is 3.05. The third kappa shape index (κ3) is 2.57. The Balaban J connectivity index is 2.18. The van der Waals surface area contributed by atoms with Crippen molar-refractivity contribution in [3.8, 4) is 16.9 Å². The van der Waals surface area contributed by atoms with Gasteiger partial charge in [-0.1, -0.05) is 29.8 Å². The third-order valence-electron chi connectivity index (χ3n) is 3.15. The average molecular weight is 319 g/mol. The second-order valence-corrected chi connectivity index (χ2v) is 6.11. The number of carboxylic acids is 1. The van der Waals surface area contributed by atoms with E-state index in [4.69, 9.17) is 11.6 Å². The van der Waals surface area contributed by atoms with Crippen LogP contribution in [0.4, 0.5) is 0 Å². The third-order valence-corrected chi connectivity index (χ3v) is 4.24. The summed E-state index contributed by atoms with van der Waals surface area (Å²) in [5.41, 5.74) is 3.18. The first kappa shape index (κ1) is 13.9. The predicted molar refractivity (Wildman–Crippen MR) is 83.6 cm³/mol. The molecule has 2 heterocycles. The first-order valence-electron chi connectivity index (χ1n) is 6.19. The number of aromatic nitrogens is 2. The van der Waals surface area contributed by atoms with Gasteiger partial charge in [0.05, 0.1) is 10.0 Å². The molecule has 3 aromatic rings. The zero-order valence-corrected chi connectivity index (χ0v) is 12.6. The molecule has 0 amide bonds. The van der Waals surface area contributed by atoms with Gasteiger partial charge < -0.3 is 5.11 Å². The molecule has 0 unspecified atom stereocenters. The number of carbonyl (C=O) groups is 1. The largest absolute Gasteiger partial charge is 0.478 e. The van der Waals surface area contributed by atoms with Gasteiger partial charge in [-0.25, -0.2) is 9.48 Å². The topological polar surface area (TPSA) is 55.1 Å².